The number of hydrogen-bond donors (Lipinski definition) is 2. The summed E-state index contributed by atoms with van der Waals surface area (Å²) in [7, 11) is 0. The van der Waals surface area contributed by atoms with Gasteiger partial charge < -0.3 is 10.8 Å². The van der Waals surface area contributed by atoms with Crippen LogP contribution in [0.25, 0.3) is 16.8 Å². The van der Waals surface area contributed by atoms with Crippen LogP contribution in [0.4, 0.5) is 0 Å². The van der Waals surface area contributed by atoms with Gasteiger partial charge in [-0.25, -0.2) is 9.97 Å². The molecule has 0 saturated carbocycles. The maximum absolute atomic E-state index is 13.5. The third kappa shape index (κ3) is 2.45. The quantitative estimate of drug-likeness (QED) is 0.427. The number of Topliss-reactive ketones (excluding diaryl/α,β-unsaturated/α-hetero) is 3. The van der Waals surface area contributed by atoms with E-state index < -0.39 is 28.9 Å². The smallest absolute Gasteiger partial charge is 0.199 e. The number of para-hydroxylation sites is 2. The zero-order valence-electron chi connectivity index (χ0n) is 18.6. The standard InChI is InChI=1S/C28H16N4O4/c29-28(20-25(35)15-9-3-4-10-16(15)26(20)36)27-22(30-17-11-5-6-12-18(17)31-27)21(32-28)19-23(33)13-7-1-2-8-14(13)24(19)34/h1-12,20,33H,29H2. The van der Waals surface area contributed by atoms with Crippen LogP contribution in [-0.2, 0) is 5.66 Å². The van der Waals surface area contributed by atoms with Crippen LogP contribution in [0.15, 0.2) is 83.4 Å². The summed E-state index contributed by atoms with van der Waals surface area (Å²) in [5.74, 6) is -3.03. The van der Waals surface area contributed by atoms with Gasteiger partial charge in [-0.3, -0.25) is 19.4 Å². The van der Waals surface area contributed by atoms with E-state index in [9.17, 15) is 19.5 Å². The Bertz CT molecular complexity index is 1750. The van der Waals surface area contributed by atoms with E-state index in [-0.39, 0.29) is 39.6 Å². The van der Waals surface area contributed by atoms with Crippen LogP contribution in [0.2, 0.25) is 0 Å². The fourth-order valence-electron chi connectivity index (χ4n) is 5.34. The number of nitrogens with zero attached hydrogens (tertiary/aromatic N) is 3. The molecule has 0 spiro atoms. The fourth-order valence-corrected chi connectivity index (χ4v) is 5.34. The molecule has 8 heteroatoms. The van der Waals surface area contributed by atoms with E-state index in [1.54, 1.807) is 72.8 Å². The minimum atomic E-state index is -1.92. The van der Waals surface area contributed by atoms with Crippen molar-refractivity contribution in [1.82, 2.24) is 9.97 Å². The molecule has 0 saturated heterocycles. The van der Waals surface area contributed by atoms with Crippen molar-refractivity contribution in [2.24, 2.45) is 16.6 Å². The second kappa shape index (κ2) is 6.87. The average Bonchev–Trinajstić information content (AvgIpc) is 3.43. The number of aliphatic imine (C=N–C) groups is 1. The van der Waals surface area contributed by atoms with Gasteiger partial charge in [-0.05, 0) is 12.1 Å². The van der Waals surface area contributed by atoms with E-state index in [4.69, 9.17) is 5.73 Å². The maximum atomic E-state index is 13.5. The number of fused-ring (bicyclic) bond motifs is 4. The molecule has 1 atom stereocenters. The van der Waals surface area contributed by atoms with Crippen molar-refractivity contribution in [2.45, 2.75) is 5.66 Å². The molecule has 36 heavy (non-hydrogen) atoms. The van der Waals surface area contributed by atoms with Gasteiger partial charge in [0.2, 0.25) is 0 Å². The van der Waals surface area contributed by atoms with Crippen molar-refractivity contribution in [3.63, 3.8) is 0 Å². The lowest BCUT2D eigenvalue weighted by molar-refractivity contribution is 0.0760. The minimum absolute atomic E-state index is 0.0148. The lowest BCUT2D eigenvalue weighted by atomic mass is 9.86. The van der Waals surface area contributed by atoms with Crippen LogP contribution < -0.4 is 5.73 Å². The third-order valence-electron chi connectivity index (χ3n) is 7.02. The van der Waals surface area contributed by atoms with Crippen molar-refractivity contribution in [3.8, 4) is 0 Å². The Morgan fingerprint density at radius 2 is 1.25 bits per heavy atom. The summed E-state index contributed by atoms with van der Waals surface area (Å²) in [5, 5.41) is 11.0. The molecule has 172 valence electrons. The SMILES string of the molecule is NC1(C2C(=O)c3ccccc3C2=O)N=C(C2=C(O)c3ccccc3C2=O)c2nc3ccccc3nc21. The van der Waals surface area contributed by atoms with E-state index in [0.717, 1.165) is 0 Å². The largest absolute Gasteiger partial charge is 0.506 e. The van der Waals surface area contributed by atoms with Crippen LogP contribution in [-0.4, -0.2) is 38.1 Å². The van der Waals surface area contributed by atoms with Gasteiger partial charge in [-0.1, -0.05) is 60.7 Å². The van der Waals surface area contributed by atoms with Crippen molar-refractivity contribution in [2.75, 3.05) is 0 Å². The molecule has 1 aromatic heterocycles. The monoisotopic (exact) mass is 472 g/mol. The van der Waals surface area contributed by atoms with Gasteiger partial charge in [0, 0.05) is 22.3 Å². The number of carbonyl (C=O) groups excluding carboxylic acids is 3. The highest BCUT2D eigenvalue weighted by Crippen LogP contribution is 2.45. The van der Waals surface area contributed by atoms with Crippen molar-refractivity contribution >= 4 is 39.9 Å². The van der Waals surface area contributed by atoms with Crippen LogP contribution in [0, 0.1) is 5.92 Å². The summed E-state index contributed by atoms with van der Waals surface area (Å²) in [6, 6.07) is 20.2. The summed E-state index contributed by atoms with van der Waals surface area (Å²) < 4.78 is 0. The first-order valence-corrected chi connectivity index (χ1v) is 11.3. The van der Waals surface area contributed by atoms with Gasteiger partial charge in [0.1, 0.15) is 28.8 Å². The van der Waals surface area contributed by atoms with Gasteiger partial charge in [-0.2, -0.15) is 0 Å². The molecule has 3 N–H and O–H groups in total. The first kappa shape index (κ1) is 20.5. The summed E-state index contributed by atoms with van der Waals surface area (Å²) >= 11 is 0. The van der Waals surface area contributed by atoms with Gasteiger partial charge in [-0.15, -0.1) is 0 Å². The minimum Gasteiger partial charge on any atom is -0.506 e. The number of aliphatic hydroxyl groups is 1. The Morgan fingerprint density at radius 3 is 1.86 bits per heavy atom. The van der Waals surface area contributed by atoms with Crippen LogP contribution in [0.3, 0.4) is 0 Å². The topological polar surface area (TPSA) is 136 Å². The first-order chi connectivity index (χ1) is 17.4. The number of benzene rings is 3. The number of aromatic nitrogens is 2. The normalized spacial score (nSPS) is 20.7. The molecular weight excluding hydrogens is 456 g/mol. The van der Waals surface area contributed by atoms with Crippen molar-refractivity contribution in [3.05, 3.63) is 112 Å². The molecule has 2 heterocycles. The molecule has 1 unspecified atom stereocenters. The average molecular weight is 472 g/mol. The lowest BCUT2D eigenvalue weighted by Gasteiger charge is -2.26. The van der Waals surface area contributed by atoms with Gasteiger partial charge in [0.05, 0.1) is 16.6 Å². The van der Waals surface area contributed by atoms with E-state index in [1.807, 2.05) is 0 Å². The van der Waals surface area contributed by atoms with Gasteiger partial charge in [0.25, 0.3) is 0 Å². The Morgan fingerprint density at radius 1 is 0.722 bits per heavy atom. The molecule has 1 aliphatic heterocycles. The second-order valence-electron chi connectivity index (χ2n) is 9.00. The summed E-state index contributed by atoms with van der Waals surface area (Å²) in [6.07, 6.45) is 0. The molecule has 0 amide bonds. The van der Waals surface area contributed by atoms with Gasteiger partial charge in [0.15, 0.2) is 23.0 Å². The molecule has 7 rings (SSSR count). The Balaban J connectivity index is 1.50. The number of allylic oxidation sites excluding steroid dienone is 1. The van der Waals surface area contributed by atoms with E-state index >= 15 is 0 Å². The molecule has 4 aromatic rings. The zero-order valence-corrected chi connectivity index (χ0v) is 18.6. The zero-order chi connectivity index (χ0) is 24.8. The summed E-state index contributed by atoms with van der Waals surface area (Å²) in [4.78, 5) is 54.3. The number of nitrogens with two attached hydrogens (primary N) is 1. The highest BCUT2D eigenvalue weighted by Gasteiger charge is 2.57. The third-order valence-corrected chi connectivity index (χ3v) is 7.02. The molecular formula is C28H16N4O4. The summed E-state index contributed by atoms with van der Waals surface area (Å²) in [5.41, 5.74) is 7.35. The highest BCUT2D eigenvalue weighted by molar-refractivity contribution is 6.40. The Hall–Kier alpha value is -4.82. The van der Waals surface area contributed by atoms with Gasteiger partial charge >= 0.3 is 0 Å². The van der Waals surface area contributed by atoms with Crippen molar-refractivity contribution in [1.29, 1.82) is 0 Å². The molecule has 2 aliphatic carbocycles. The molecule has 0 radical (unpaired) electrons. The predicted molar refractivity (Wildman–Crippen MR) is 131 cm³/mol. The van der Waals surface area contributed by atoms with E-state index in [0.29, 0.717) is 22.2 Å². The van der Waals surface area contributed by atoms with Crippen LogP contribution in [0.1, 0.15) is 48.0 Å². The van der Waals surface area contributed by atoms with E-state index in [2.05, 4.69) is 15.0 Å². The molecule has 0 bridgehead atoms. The number of carbonyl (C=O) groups is 3. The van der Waals surface area contributed by atoms with Crippen molar-refractivity contribution < 1.29 is 19.5 Å². The Kier molecular flexibility index (Phi) is 3.92. The lowest BCUT2D eigenvalue weighted by Crippen LogP contribution is -2.47. The van der Waals surface area contributed by atoms with Crippen LogP contribution in [0.5, 0.6) is 0 Å². The van der Waals surface area contributed by atoms with Crippen LogP contribution >= 0.6 is 0 Å². The number of hydrogen-bond acceptors (Lipinski definition) is 8. The maximum Gasteiger partial charge on any atom is 0.199 e. The highest BCUT2D eigenvalue weighted by atomic mass is 16.3. The van der Waals surface area contributed by atoms with E-state index in [1.165, 1.54) is 0 Å². The first-order valence-electron chi connectivity index (χ1n) is 11.3. The molecule has 3 aromatic carbocycles. The molecule has 3 aliphatic rings. The Labute approximate surface area is 203 Å². The fraction of sp³-hybridized carbons (Fsp3) is 0.0714. The number of ketones is 3. The number of rotatable bonds is 2. The predicted octanol–water partition coefficient (Wildman–Crippen LogP) is 3.41. The molecule has 8 nitrogen and oxygen atoms in total. The number of aliphatic hydroxyl groups excluding tert-OH is 1. The second-order valence-corrected chi connectivity index (χ2v) is 9.00. The molecule has 0 fully saturated rings. The summed E-state index contributed by atoms with van der Waals surface area (Å²) in [6.45, 7) is 0.